The van der Waals surface area contributed by atoms with Crippen molar-refractivity contribution < 1.29 is 9.13 Å². The van der Waals surface area contributed by atoms with Crippen molar-refractivity contribution in [3.8, 4) is 0 Å². The topological polar surface area (TPSA) is 34.1 Å². The molecule has 1 N–H and O–H groups in total. The van der Waals surface area contributed by atoms with Gasteiger partial charge in [0, 0.05) is 13.7 Å². The molecule has 0 aromatic carbocycles. The Bertz CT molecular complexity index is 281. The Kier molecular flexibility index (Phi) is 4.32. The first-order valence-electron chi connectivity index (χ1n) is 4.57. The van der Waals surface area contributed by atoms with Gasteiger partial charge in [-0.05, 0) is 18.1 Å². The molecule has 0 aliphatic heterocycles. The third-order valence-corrected chi connectivity index (χ3v) is 1.80. The fourth-order valence-electron chi connectivity index (χ4n) is 1.13. The Hall–Kier alpha value is -1.16. The molecule has 0 aliphatic carbocycles. The Morgan fingerprint density at radius 2 is 2.36 bits per heavy atom. The van der Waals surface area contributed by atoms with Crippen molar-refractivity contribution in [3.05, 3.63) is 24.1 Å². The largest absolute Gasteiger partial charge is 0.384 e. The Morgan fingerprint density at radius 3 is 3.00 bits per heavy atom. The normalized spacial score (nSPS) is 12.5. The van der Waals surface area contributed by atoms with Crippen LogP contribution in [0.5, 0.6) is 0 Å². The molecule has 1 heterocycles. The van der Waals surface area contributed by atoms with Gasteiger partial charge in [0.15, 0.2) is 0 Å². The minimum absolute atomic E-state index is 0.380. The molecule has 14 heavy (non-hydrogen) atoms. The predicted octanol–water partition coefficient (Wildman–Crippen LogP) is 1.92. The van der Waals surface area contributed by atoms with E-state index in [4.69, 9.17) is 4.74 Å². The first-order chi connectivity index (χ1) is 6.72. The molecule has 4 heteroatoms. The van der Waals surface area contributed by atoms with Crippen molar-refractivity contribution >= 4 is 5.82 Å². The van der Waals surface area contributed by atoms with Gasteiger partial charge in [-0.2, -0.15) is 4.39 Å². The number of pyridine rings is 1. The summed E-state index contributed by atoms with van der Waals surface area (Å²) in [6.45, 7) is 3.46. The summed E-state index contributed by atoms with van der Waals surface area (Å²) in [6, 6.07) is 4.69. The van der Waals surface area contributed by atoms with Crippen molar-refractivity contribution in [2.75, 3.05) is 25.6 Å². The van der Waals surface area contributed by atoms with Crippen LogP contribution in [0.15, 0.2) is 18.2 Å². The number of hydrogen-bond acceptors (Lipinski definition) is 3. The molecule has 1 aromatic rings. The molecule has 0 fully saturated rings. The van der Waals surface area contributed by atoms with Crippen molar-refractivity contribution in [3.63, 3.8) is 0 Å². The second kappa shape index (κ2) is 5.54. The number of nitrogens with one attached hydrogen (secondary N) is 1. The molecular weight excluding hydrogens is 183 g/mol. The molecule has 0 saturated carbocycles. The van der Waals surface area contributed by atoms with Crippen LogP contribution >= 0.6 is 0 Å². The van der Waals surface area contributed by atoms with Crippen LogP contribution in [-0.4, -0.2) is 25.2 Å². The minimum atomic E-state index is -0.464. The molecule has 1 aromatic heterocycles. The quantitative estimate of drug-likeness (QED) is 0.734. The van der Waals surface area contributed by atoms with Gasteiger partial charge in [-0.25, -0.2) is 4.98 Å². The third kappa shape index (κ3) is 3.70. The summed E-state index contributed by atoms with van der Waals surface area (Å²) < 4.78 is 17.6. The number of rotatable bonds is 5. The number of ether oxygens (including phenoxy) is 1. The van der Waals surface area contributed by atoms with Crippen LogP contribution in [0.2, 0.25) is 0 Å². The van der Waals surface area contributed by atoms with Crippen LogP contribution in [0.1, 0.15) is 6.92 Å². The number of anilines is 1. The van der Waals surface area contributed by atoms with Crippen molar-refractivity contribution in [2.45, 2.75) is 6.92 Å². The number of hydrogen-bond donors (Lipinski definition) is 1. The fraction of sp³-hybridized carbons (Fsp3) is 0.500. The summed E-state index contributed by atoms with van der Waals surface area (Å²) in [4.78, 5) is 3.69. The highest BCUT2D eigenvalue weighted by molar-refractivity contribution is 5.33. The molecule has 0 bridgehead atoms. The minimum Gasteiger partial charge on any atom is -0.384 e. The summed E-state index contributed by atoms with van der Waals surface area (Å²) >= 11 is 0. The standard InChI is InChI=1S/C10H15FN2O/c1-8(7-14-2)6-12-10-5-3-4-9(11)13-10/h3-5,8H,6-7H2,1-2H3,(H,12,13). The van der Waals surface area contributed by atoms with Gasteiger partial charge in [0.25, 0.3) is 0 Å². The molecule has 0 spiro atoms. The van der Waals surface area contributed by atoms with E-state index in [-0.39, 0.29) is 0 Å². The van der Waals surface area contributed by atoms with Crippen LogP contribution in [-0.2, 0) is 4.74 Å². The van der Waals surface area contributed by atoms with Crippen LogP contribution in [0.3, 0.4) is 0 Å². The molecule has 78 valence electrons. The van der Waals surface area contributed by atoms with E-state index in [0.717, 1.165) is 6.54 Å². The monoisotopic (exact) mass is 198 g/mol. The average Bonchev–Trinajstić information content (AvgIpc) is 2.15. The first kappa shape index (κ1) is 10.9. The van der Waals surface area contributed by atoms with E-state index in [9.17, 15) is 4.39 Å². The van der Waals surface area contributed by atoms with Gasteiger partial charge in [-0.1, -0.05) is 13.0 Å². The number of halogens is 1. The summed E-state index contributed by atoms with van der Waals surface area (Å²) in [5.74, 6) is 0.479. The number of aromatic nitrogens is 1. The lowest BCUT2D eigenvalue weighted by Gasteiger charge is -2.11. The lowest BCUT2D eigenvalue weighted by molar-refractivity contribution is 0.164. The van der Waals surface area contributed by atoms with E-state index in [0.29, 0.717) is 18.3 Å². The summed E-state index contributed by atoms with van der Waals surface area (Å²) in [5, 5.41) is 3.04. The summed E-state index contributed by atoms with van der Waals surface area (Å²) in [7, 11) is 1.66. The molecule has 0 radical (unpaired) electrons. The smallest absolute Gasteiger partial charge is 0.214 e. The van der Waals surface area contributed by atoms with Gasteiger partial charge in [-0.3, -0.25) is 0 Å². The third-order valence-electron chi connectivity index (χ3n) is 1.80. The predicted molar refractivity (Wildman–Crippen MR) is 53.7 cm³/mol. The van der Waals surface area contributed by atoms with Crippen molar-refractivity contribution in [1.29, 1.82) is 0 Å². The lowest BCUT2D eigenvalue weighted by Crippen LogP contribution is -2.16. The average molecular weight is 198 g/mol. The Morgan fingerprint density at radius 1 is 1.57 bits per heavy atom. The summed E-state index contributed by atoms with van der Waals surface area (Å²) in [6.07, 6.45) is 0. The Balaban J connectivity index is 2.37. The maximum Gasteiger partial charge on any atom is 0.214 e. The molecule has 1 atom stereocenters. The molecular formula is C10H15FN2O. The van der Waals surface area contributed by atoms with E-state index < -0.39 is 5.95 Å². The van der Waals surface area contributed by atoms with Crippen LogP contribution < -0.4 is 5.32 Å². The van der Waals surface area contributed by atoms with Crippen LogP contribution in [0.25, 0.3) is 0 Å². The van der Waals surface area contributed by atoms with E-state index in [1.54, 1.807) is 19.2 Å². The fourth-order valence-corrected chi connectivity index (χ4v) is 1.13. The second-order valence-electron chi connectivity index (χ2n) is 3.29. The zero-order valence-electron chi connectivity index (χ0n) is 8.46. The SMILES string of the molecule is COCC(C)CNc1cccc(F)n1. The van der Waals surface area contributed by atoms with E-state index in [1.165, 1.54) is 6.07 Å². The van der Waals surface area contributed by atoms with Crippen LogP contribution in [0, 0.1) is 11.9 Å². The molecule has 0 aliphatic rings. The Labute approximate surface area is 83.3 Å². The molecule has 0 amide bonds. The maximum absolute atomic E-state index is 12.7. The van der Waals surface area contributed by atoms with Gasteiger partial charge in [0.2, 0.25) is 5.95 Å². The van der Waals surface area contributed by atoms with E-state index in [2.05, 4.69) is 17.2 Å². The van der Waals surface area contributed by atoms with Crippen LogP contribution in [0.4, 0.5) is 10.2 Å². The highest BCUT2D eigenvalue weighted by Crippen LogP contribution is 2.04. The van der Waals surface area contributed by atoms with E-state index in [1.807, 2.05) is 0 Å². The van der Waals surface area contributed by atoms with Gasteiger partial charge >= 0.3 is 0 Å². The lowest BCUT2D eigenvalue weighted by atomic mass is 10.2. The molecule has 1 rings (SSSR count). The van der Waals surface area contributed by atoms with Gasteiger partial charge in [0.1, 0.15) is 5.82 Å². The number of methoxy groups -OCH3 is 1. The molecule has 1 unspecified atom stereocenters. The van der Waals surface area contributed by atoms with Gasteiger partial charge < -0.3 is 10.1 Å². The zero-order valence-corrected chi connectivity index (χ0v) is 8.46. The zero-order chi connectivity index (χ0) is 10.4. The van der Waals surface area contributed by atoms with Crippen molar-refractivity contribution in [1.82, 2.24) is 4.98 Å². The molecule has 3 nitrogen and oxygen atoms in total. The first-order valence-corrected chi connectivity index (χ1v) is 4.57. The highest BCUT2D eigenvalue weighted by Gasteiger charge is 2.01. The van der Waals surface area contributed by atoms with Crippen molar-refractivity contribution in [2.24, 2.45) is 5.92 Å². The second-order valence-corrected chi connectivity index (χ2v) is 3.29. The number of nitrogens with zero attached hydrogens (tertiary/aromatic N) is 1. The summed E-state index contributed by atoms with van der Waals surface area (Å²) in [5.41, 5.74) is 0. The van der Waals surface area contributed by atoms with Gasteiger partial charge in [-0.15, -0.1) is 0 Å². The molecule has 0 saturated heterocycles. The maximum atomic E-state index is 12.7. The van der Waals surface area contributed by atoms with Gasteiger partial charge in [0.05, 0.1) is 6.61 Å². The highest BCUT2D eigenvalue weighted by atomic mass is 19.1. The van der Waals surface area contributed by atoms with E-state index >= 15 is 0 Å².